The fourth-order valence-corrected chi connectivity index (χ4v) is 1.61. The molecule has 0 aromatic rings. The van der Waals surface area contributed by atoms with E-state index in [-0.39, 0.29) is 0 Å². The Labute approximate surface area is 66.1 Å². The average molecular weight is 149 g/mol. The Bertz CT molecular complexity index is 263. The molecule has 58 valence electrons. The third-order valence-corrected chi connectivity index (χ3v) is 2.26. The molecule has 0 aromatic carbocycles. The van der Waals surface area contributed by atoms with Crippen LogP contribution in [-0.2, 0) is 4.74 Å². The van der Waals surface area contributed by atoms with Crippen molar-refractivity contribution in [1.82, 2.24) is 0 Å². The Kier molecular flexibility index (Phi) is 1.34. The first-order valence-electron chi connectivity index (χ1n) is 3.91. The fourth-order valence-electron chi connectivity index (χ4n) is 1.61. The second-order valence-electron chi connectivity index (χ2n) is 3.15. The minimum absolute atomic E-state index is 0.361. The van der Waals surface area contributed by atoms with Gasteiger partial charge in [-0.1, -0.05) is 6.92 Å². The predicted octanol–water partition coefficient (Wildman–Crippen LogP) is 2.23. The first-order chi connectivity index (χ1) is 5.29. The van der Waals surface area contributed by atoms with E-state index in [0.29, 0.717) is 11.6 Å². The van der Waals surface area contributed by atoms with E-state index >= 15 is 0 Å². The zero-order valence-electron chi connectivity index (χ0n) is 6.55. The van der Waals surface area contributed by atoms with Gasteiger partial charge in [0, 0.05) is 5.92 Å². The molecule has 2 heteroatoms. The van der Waals surface area contributed by atoms with Gasteiger partial charge in [0.05, 0.1) is 12.0 Å². The second kappa shape index (κ2) is 2.22. The van der Waals surface area contributed by atoms with Gasteiger partial charge in [-0.15, -0.1) is 0 Å². The van der Waals surface area contributed by atoms with E-state index < -0.39 is 0 Å². The number of hydrogen-bond acceptors (Lipinski definition) is 2. The van der Waals surface area contributed by atoms with Crippen molar-refractivity contribution in [2.75, 3.05) is 0 Å². The van der Waals surface area contributed by atoms with Crippen LogP contribution in [0.1, 0.15) is 19.8 Å². The first kappa shape index (κ1) is 6.65. The summed E-state index contributed by atoms with van der Waals surface area (Å²) in [5, 5.41) is 7.66. The minimum atomic E-state index is 0.361. The van der Waals surface area contributed by atoms with Crippen molar-refractivity contribution in [1.29, 1.82) is 5.41 Å². The summed E-state index contributed by atoms with van der Waals surface area (Å²) in [7, 11) is 0. The van der Waals surface area contributed by atoms with E-state index in [1.165, 1.54) is 5.57 Å². The maximum Gasteiger partial charge on any atom is 0.147 e. The van der Waals surface area contributed by atoms with Gasteiger partial charge in [0.25, 0.3) is 0 Å². The molecule has 0 aromatic heterocycles. The van der Waals surface area contributed by atoms with Crippen molar-refractivity contribution in [3.8, 4) is 0 Å². The molecule has 1 heterocycles. The molecule has 1 N–H and O–H groups in total. The van der Waals surface area contributed by atoms with Gasteiger partial charge in [0.1, 0.15) is 5.76 Å². The standard InChI is InChI=1S/C9H11NO/c1-6-5-7-3-2-4-11-9(7)8(6)10/h2,4,6,10H,3,5H2,1H3. The molecular weight excluding hydrogens is 138 g/mol. The summed E-state index contributed by atoms with van der Waals surface area (Å²) in [5.74, 6) is 1.19. The third kappa shape index (κ3) is 0.897. The van der Waals surface area contributed by atoms with E-state index in [2.05, 4.69) is 6.92 Å². The molecule has 0 saturated carbocycles. The summed E-state index contributed by atoms with van der Waals surface area (Å²) in [6.45, 7) is 2.07. The summed E-state index contributed by atoms with van der Waals surface area (Å²) in [4.78, 5) is 0. The summed E-state index contributed by atoms with van der Waals surface area (Å²) in [5.41, 5.74) is 1.97. The molecule has 0 saturated heterocycles. The highest BCUT2D eigenvalue weighted by Crippen LogP contribution is 2.33. The van der Waals surface area contributed by atoms with Crippen LogP contribution in [0.4, 0.5) is 0 Å². The highest BCUT2D eigenvalue weighted by molar-refractivity contribution is 6.01. The topological polar surface area (TPSA) is 33.1 Å². The lowest BCUT2D eigenvalue weighted by molar-refractivity contribution is 0.363. The van der Waals surface area contributed by atoms with Gasteiger partial charge in [0.2, 0.25) is 0 Å². The van der Waals surface area contributed by atoms with Crippen molar-refractivity contribution in [3.05, 3.63) is 23.7 Å². The molecule has 0 fully saturated rings. The Morgan fingerprint density at radius 2 is 2.45 bits per heavy atom. The number of allylic oxidation sites excluding steroid dienone is 3. The van der Waals surface area contributed by atoms with Crippen LogP contribution in [-0.4, -0.2) is 5.71 Å². The summed E-state index contributed by atoms with van der Waals surface area (Å²) >= 11 is 0. The van der Waals surface area contributed by atoms with E-state index in [9.17, 15) is 0 Å². The quantitative estimate of drug-likeness (QED) is 0.563. The van der Waals surface area contributed by atoms with Crippen LogP contribution in [0.2, 0.25) is 0 Å². The third-order valence-electron chi connectivity index (χ3n) is 2.26. The van der Waals surface area contributed by atoms with Crippen LogP contribution >= 0.6 is 0 Å². The molecule has 1 atom stereocenters. The number of ether oxygens (including phenoxy) is 1. The monoisotopic (exact) mass is 149 g/mol. The normalized spacial score (nSPS) is 28.8. The van der Waals surface area contributed by atoms with Crippen LogP contribution in [0.5, 0.6) is 0 Å². The van der Waals surface area contributed by atoms with Gasteiger partial charge in [-0.2, -0.15) is 0 Å². The molecule has 2 rings (SSSR count). The number of hydrogen-bond donors (Lipinski definition) is 1. The molecule has 1 unspecified atom stereocenters. The molecule has 2 aliphatic rings. The fraction of sp³-hybridized carbons (Fsp3) is 0.444. The highest BCUT2D eigenvalue weighted by Gasteiger charge is 2.28. The van der Waals surface area contributed by atoms with Gasteiger partial charge in [-0.3, -0.25) is 0 Å². The van der Waals surface area contributed by atoms with Gasteiger partial charge >= 0.3 is 0 Å². The lowest BCUT2D eigenvalue weighted by Gasteiger charge is -2.08. The van der Waals surface area contributed by atoms with Crippen molar-refractivity contribution < 1.29 is 4.74 Å². The van der Waals surface area contributed by atoms with Crippen molar-refractivity contribution >= 4 is 5.71 Å². The van der Waals surface area contributed by atoms with E-state index in [4.69, 9.17) is 10.1 Å². The second-order valence-corrected chi connectivity index (χ2v) is 3.15. The SMILES string of the molecule is CC1CC2=C(OC=CC2)C1=N. The summed E-state index contributed by atoms with van der Waals surface area (Å²) in [6.07, 6.45) is 5.68. The maximum absolute atomic E-state index is 7.66. The van der Waals surface area contributed by atoms with Gasteiger partial charge in [-0.05, 0) is 24.5 Å². The van der Waals surface area contributed by atoms with Gasteiger partial charge < -0.3 is 10.1 Å². The number of rotatable bonds is 0. The lowest BCUT2D eigenvalue weighted by Crippen LogP contribution is -2.06. The zero-order valence-corrected chi connectivity index (χ0v) is 6.55. The minimum Gasteiger partial charge on any atom is -0.463 e. The molecule has 0 radical (unpaired) electrons. The molecule has 0 bridgehead atoms. The van der Waals surface area contributed by atoms with Gasteiger partial charge in [-0.25, -0.2) is 0 Å². The molecule has 0 spiro atoms. The first-order valence-corrected chi connectivity index (χ1v) is 3.91. The van der Waals surface area contributed by atoms with Crippen LogP contribution in [0.3, 0.4) is 0 Å². The largest absolute Gasteiger partial charge is 0.463 e. The average Bonchev–Trinajstić information content (AvgIpc) is 2.30. The van der Waals surface area contributed by atoms with Crippen molar-refractivity contribution in [3.63, 3.8) is 0 Å². The molecular formula is C9H11NO. The Balaban J connectivity index is 2.29. The van der Waals surface area contributed by atoms with Crippen LogP contribution in [0.15, 0.2) is 23.7 Å². The molecule has 2 nitrogen and oxygen atoms in total. The Morgan fingerprint density at radius 3 is 3.18 bits per heavy atom. The lowest BCUT2D eigenvalue weighted by atomic mass is 10.1. The molecule has 0 amide bonds. The van der Waals surface area contributed by atoms with Crippen LogP contribution < -0.4 is 0 Å². The Morgan fingerprint density at radius 1 is 1.64 bits per heavy atom. The van der Waals surface area contributed by atoms with E-state index in [1.54, 1.807) is 6.26 Å². The molecule has 1 aliphatic heterocycles. The molecule has 1 aliphatic carbocycles. The summed E-state index contributed by atoms with van der Waals surface area (Å²) in [6, 6.07) is 0. The number of nitrogens with one attached hydrogen (secondary N) is 1. The smallest absolute Gasteiger partial charge is 0.147 e. The predicted molar refractivity (Wildman–Crippen MR) is 43.4 cm³/mol. The zero-order chi connectivity index (χ0) is 7.84. The van der Waals surface area contributed by atoms with Crippen molar-refractivity contribution in [2.45, 2.75) is 19.8 Å². The van der Waals surface area contributed by atoms with E-state index in [0.717, 1.165) is 18.6 Å². The van der Waals surface area contributed by atoms with Crippen LogP contribution in [0, 0.1) is 11.3 Å². The molecule has 11 heavy (non-hydrogen) atoms. The highest BCUT2D eigenvalue weighted by atomic mass is 16.5. The summed E-state index contributed by atoms with van der Waals surface area (Å²) < 4.78 is 5.26. The van der Waals surface area contributed by atoms with E-state index in [1.807, 2.05) is 6.08 Å². The maximum atomic E-state index is 7.66. The Hall–Kier alpha value is -1.05. The van der Waals surface area contributed by atoms with Crippen LogP contribution in [0.25, 0.3) is 0 Å². The van der Waals surface area contributed by atoms with Gasteiger partial charge in [0.15, 0.2) is 0 Å². The van der Waals surface area contributed by atoms with Crippen molar-refractivity contribution in [2.24, 2.45) is 5.92 Å².